The average Bonchev–Trinajstić information content (AvgIpc) is 2.64. The first kappa shape index (κ1) is 20.3. The lowest BCUT2D eigenvalue weighted by atomic mass is 9.97. The molecule has 1 unspecified atom stereocenters. The molecule has 2 rings (SSSR count). The predicted octanol–water partition coefficient (Wildman–Crippen LogP) is 4.15. The maximum Gasteiger partial charge on any atom is 0.408 e. The lowest BCUT2D eigenvalue weighted by Gasteiger charge is -2.24. The van der Waals surface area contributed by atoms with Gasteiger partial charge in [-0.25, -0.2) is 4.79 Å². The van der Waals surface area contributed by atoms with Crippen LogP contribution in [0.15, 0.2) is 48.5 Å². The molecule has 1 N–H and O–H groups in total. The second kappa shape index (κ2) is 8.58. The molecule has 0 radical (unpaired) electrons. The zero-order valence-electron chi connectivity index (χ0n) is 16.2. The zero-order chi connectivity index (χ0) is 20.0. The summed E-state index contributed by atoms with van der Waals surface area (Å²) in [6.07, 6.45) is -0.674. The van der Waals surface area contributed by atoms with Gasteiger partial charge < -0.3 is 19.5 Å². The van der Waals surface area contributed by atoms with Gasteiger partial charge in [0.1, 0.15) is 11.6 Å². The number of ketones is 1. The number of amides is 1. The van der Waals surface area contributed by atoms with Gasteiger partial charge in [-0.15, -0.1) is 0 Å². The molecule has 2 aromatic carbocycles. The average molecular weight is 371 g/mol. The molecular weight excluding hydrogens is 346 g/mol. The number of carbonyl (C=O) groups is 2. The van der Waals surface area contributed by atoms with Crippen LogP contribution in [-0.2, 0) is 4.74 Å². The fourth-order valence-electron chi connectivity index (χ4n) is 2.53. The monoisotopic (exact) mass is 371 g/mol. The van der Waals surface area contributed by atoms with Gasteiger partial charge in [0.05, 0.1) is 14.2 Å². The highest BCUT2D eigenvalue weighted by molar-refractivity contribution is 6.02. The van der Waals surface area contributed by atoms with E-state index in [2.05, 4.69) is 5.32 Å². The number of nitrogens with one attached hydrogen (secondary N) is 1. The summed E-state index contributed by atoms with van der Waals surface area (Å²) in [5, 5.41) is 2.67. The van der Waals surface area contributed by atoms with Crippen LogP contribution in [0.1, 0.15) is 42.7 Å². The number of rotatable bonds is 6. The Balaban J connectivity index is 2.40. The Morgan fingerprint density at radius 1 is 0.926 bits per heavy atom. The summed E-state index contributed by atoms with van der Waals surface area (Å²) < 4.78 is 15.9. The summed E-state index contributed by atoms with van der Waals surface area (Å²) >= 11 is 0. The van der Waals surface area contributed by atoms with Crippen LogP contribution < -0.4 is 14.8 Å². The lowest BCUT2D eigenvalue weighted by molar-refractivity contribution is 0.0490. The number of hydrogen-bond donors (Lipinski definition) is 1. The van der Waals surface area contributed by atoms with Crippen LogP contribution in [0.3, 0.4) is 0 Å². The molecular formula is C21H25NO5. The van der Waals surface area contributed by atoms with Crippen LogP contribution in [0.25, 0.3) is 0 Å². The quantitative estimate of drug-likeness (QED) is 0.772. The molecule has 0 bridgehead atoms. The molecule has 0 aromatic heterocycles. The molecule has 0 aliphatic carbocycles. The summed E-state index contributed by atoms with van der Waals surface area (Å²) in [6, 6.07) is 12.9. The molecule has 6 heteroatoms. The molecule has 144 valence electrons. The SMILES string of the molecule is COc1ccc(C(NC(=O)OC(C)(C)C)C(=O)c2ccccc2)cc1OC. The van der Waals surface area contributed by atoms with Crippen LogP contribution in [0.5, 0.6) is 11.5 Å². The van der Waals surface area contributed by atoms with Gasteiger partial charge in [-0.3, -0.25) is 4.79 Å². The molecule has 27 heavy (non-hydrogen) atoms. The first-order valence-corrected chi connectivity index (χ1v) is 8.56. The normalized spacial score (nSPS) is 12.0. The van der Waals surface area contributed by atoms with Crippen molar-refractivity contribution in [3.8, 4) is 11.5 Å². The van der Waals surface area contributed by atoms with E-state index in [1.165, 1.54) is 14.2 Å². The van der Waals surface area contributed by atoms with Crippen molar-refractivity contribution in [3.63, 3.8) is 0 Å². The van der Waals surface area contributed by atoms with Crippen LogP contribution in [0.4, 0.5) is 4.79 Å². The lowest BCUT2D eigenvalue weighted by Crippen LogP contribution is -2.38. The highest BCUT2D eigenvalue weighted by Crippen LogP contribution is 2.31. The van der Waals surface area contributed by atoms with Crippen molar-refractivity contribution in [1.82, 2.24) is 5.32 Å². The molecule has 0 heterocycles. The molecule has 6 nitrogen and oxygen atoms in total. The summed E-state index contributed by atoms with van der Waals surface area (Å²) in [4.78, 5) is 25.4. The van der Waals surface area contributed by atoms with Crippen molar-refractivity contribution < 1.29 is 23.8 Å². The molecule has 1 atom stereocenters. The molecule has 0 aliphatic rings. The Morgan fingerprint density at radius 2 is 1.56 bits per heavy atom. The third-order valence-corrected chi connectivity index (χ3v) is 3.72. The van der Waals surface area contributed by atoms with Gasteiger partial charge in [0.15, 0.2) is 17.3 Å². The number of Topliss-reactive ketones (excluding diaryl/α,β-unsaturated/α-hetero) is 1. The van der Waals surface area contributed by atoms with E-state index < -0.39 is 17.7 Å². The predicted molar refractivity (Wildman–Crippen MR) is 102 cm³/mol. The first-order chi connectivity index (χ1) is 12.7. The fourth-order valence-corrected chi connectivity index (χ4v) is 2.53. The van der Waals surface area contributed by atoms with E-state index >= 15 is 0 Å². The zero-order valence-corrected chi connectivity index (χ0v) is 16.2. The second-order valence-electron chi connectivity index (χ2n) is 6.92. The van der Waals surface area contributed by atoms with Gasteiger partial charge >= 0.3 is 6.09 Å². The van der Waals surface area contributed by atoms with E-state index in [4.69, 9.17) is 14.2 Å². The van der Waals surface area contributed by atoms with Crippen molar-refractivity contribution in [1.29, 1.82) is 0 Å². The van der Waals surface area contributed by atoms with E-state index in [-0.39, 0.29) is 5.78 Å². The fraction of sp³-hybridized carbons (Fsp3) is 0.333. The van der Waals surface area contributed by atoms with E-state index in [1.807, 2.05) is 6.07 Å². The minimum Gasteiger partial charge on any atom is -0.493 e. The maximum absolute atomic E-state index is 13.1. The van der Waals surface area contributed by atoms with Crippen molar-refractivity contribution in [2.24, 2.45) is 0 Å². The van der Waals surface area contributed by atoms with Crippen molar-refractivity contribution in [3.05, 3.63) is 59.7 Å². The minimum atomic E-state index is -0.929. The van der Waals surface area contributed by atoms with Crippen molar-refractivity contribution >= 4 is 11.9 Å². The minimum absolute atomic E-state index is 0.256. The van der Waals surface area contributed by atoms with Crippen molar-refractivity contribution in [2.45, 2.75) is 32.4 Å². The summed E-state index contributed by atoms with van der Waals surface area (Å²) in [7, 11) is 3.04. The molecule has 0 aliphatic heterocycles. The number of benzene rings is 2. The molecule has 0 saturated heterocycles. The van der Waals surface area contributed by atoms with E-state index in [1.54, 1.807) is 63.2 Å². The number of ether oxygens (including phenoxy) is 3. The third-order valence-electron chi connectivity index (χ3n) is 3.72. The molecule has 0 saturated carbocycles. The standard InChI is InChI=1S/C21H25NO5/c1-21(2,3)27-20(24)22-18(19(23)14-9-7-6-8-10-14)15-11-12-16(25-4)17(13-15)26-5/h6-13,18H,1-5H3,(H,22,24). The summed E-state index contributed by atoms with van der Waals surface area (Å²) in [5.41, 5.74) is 0.364. The van der Waals surface area contributed by atoms with Crippen LogP contribution in [0.2, 0.25) is 0 Å². The number of carbonyl (C=O) groups excluding carboxylic acids is 2. The van der Waals surface area contributed by atoms with Gasteiger partial charge in [-0.1, -0.05) is 36.4 Å². The Labute approximate surface area is 159 Å². The van der Waals surface area contributed by atoms with Gasteiger partial charge in [-0.05, 0) is 38.5 Å². The van der Waals surface area contributed by atoms with Crippen LogP contribution >= 0.6 is 0 Å². The highest BCUT2D eigenvalue weighted by atomic mass is 16.6. The van der Waals surface area contributed by atoms with Crippen LogP contribution in [0, 0.1) is 0 Å². The van der Waals surface area contributed by atoms with Gasteiger partial charge in [0.25, 0.3) is 0 Å². The van der Waals surface area contributed by atoms with E-state index in [0.717, 1.165) is 0 Å². The van der Waals surface area contributed by atoms with E-state index in [0.29, 0.717) is 22.6 Å². The molecule has 1 amide bonds. The summed E-state index contributed by atoms with van der Waals surface area (Å²) in [6.45, 7) is 5.28. The van der Waals surface area contributed by atoms with Gasteiger partial charge in [0, 0.05) is 5.56 Å². The number of methoxy groups -OCH3 is 2. The Bertz CT molecular complexity index is 796. The second-order valence-corrected chi connectivity index (χ2v) is 6.92. The Kier molecular flexibility index (Phi) is 6.45. The molecule has 0 spiro atoms. The number of hydrogen-bond acceptors (Lipinski definition) is 5. The molecule has 0 fully saturated rings. The smallest absolute Gasteiger partial charge is 0.408 e. The molecule has 2 aromatic rings. The van der Waals surface area contributed by atoms with Gasteiger partial charge in [-0.2, -0.15) is 0 Å². The maximum atomic E-state index is 13.1. The topological polar surface area (TPSA) is 73.9 Å². The highest BCUT2D eigenvalue weighted by Gasteiger charge is 2.27. The van der Waals surface area contributed by atoms with Crippen LogP contribution in [-0.4, -0.2) is 31.7 Å². The van der Waals surface area contributed by atoms with Gasteiger partial charge in [0.2, 0.25) is 0 Å². The Hall–Kier alpha value is -3.02. The van der Waals surface area contributed by atoms with Crippen molar-refractivity contribution in [2.75, 3.05) is 14.2 Å². The first-order valence-electron chi connectivity index (χ1n) is 8.56. The largest absolute Gasteiger partial charge is 0.493 e. The van der Waals surface area contributed by atoms with E-state index in [9.17, 15) is 9.59 Å². The summed E-state index contributed by atoms with van der Waals surface area (Å²) in [5.74, 6) is 0.741. The third kappa shape index (κ3) is 5.48. The number of alkyl carbamates (subject to hydrolysis) is 1. The Morgan fingerprint density at radius 3 is 2.11 bits per heavy atom.